The highest BCUT2D eigenvalue weighted by Gasteiger charge is 2.57. The van der Waals surface area contributed by atoms with Crippen LogP contribution < -0.4 is 4.74 Å². The van der Waals surface area contributed by atoms with Crippen LogP contribution in [0.5, 0.6) is 5.75 Å². The number of carbonyl (C=O) groups excluding carboxylic acids is 1. The highest BCUT2D eigenvalue weighted by molar-refractivity contribution is 5.72. The summed E-state index contributed by atoms with van der Waals surface area (Å²) in [5, 5.41) is 10.4. The Morgan fingerprint density at radius 1 is 0.957 bits per heavy atom. The Kier molecular flexibility index (Phi) is 14.7. The minimum Gasteiger partial charge on any atom is -0.497 e. The predicted octanol–water partition coefficient (Wildman–Crippen LogP) is 10.6. The van der Waals surface area contributed by atoms with E-state index >= 15 is 0 Å². The number of carbonyl (C=O) groups is 1. The Balaban J connectivity index is 0.000000252. The number of benzene rings is 1. The first kappa shape index (κ1) is 38.5. The fourth-order valence-corrected chi connectivity index (χ4v) is 8.36. The molecule has 6 unspecified atom stereocenters. The van der Waals surface area contributed by atoms with Gasteiger partial charge in [-0.3, -0.25) is 4.79 Å². The van der Waals surface area contributed by atoms with Crippen molar-refractivity contribution in [1.29, 1.82) is 0 Å². The molecular formula is C37H57F5O4. The number of hydrogen-bond donors (Lipinski definition) is 1. The van der Waals surface area contributed by atoms with Crippen molar-refractivity contribution in [3.05, 3.63) is 29.3 Å². The summed E-state index contributed by atoms with van der Waals surface area (Å²) >= 11 is 0. The molecule has 1 aromatic carbocycles. The molecule has 46 heavy (non-hydrogen) atoms. The van der Waals surface area contributed by atoms with Crippen LogP contribution in [0.1, 0.15) is 141 Å². The van der Waals surface area contributed by atoms with Crippen molar-refractivity contribution in [2.45, 2.75) is 154 Å². The van der Waals surface area contributed by atoms with E-state index in [1.165, 1.54) is 50.5 Å². The van der Waals surface area contributed by atoms with Crippen molar-refractivity contribution in [1.82, 2.24) is 0 Å². The minimum absolute atomic E-state index is 0.000335. The van der Waals surface area contributed by atoms with Crippen molar-refractivity contribution < 1.29 is 41.3 Å². The quantitative estimate of drug-likeness (QED) is 0.116. The summed E-state index contributed by atoms with van der Waals surface area (Å²) in [4.78, 5) is 11.9. The summed E-state index contributed by atoms with van der Waals surface area (Å²) in [6, 6.07) is 6.67. The van der Waals surface area contributed by atoms with Crippen molar-refractivity contribution in [3.8, 4) is 5.75 Å². The second-order valence-corrected chi connectivity index (χ2v) is 14.1. The number of alkyl halides is 5. The van der Waals surface area contributed by atoms with Crippen LogP contribution in [0.15, 0.2) is 18.2 Å². The predicted molar refractivity (Wildman–Crippen MR) is 171 cm³/mol. The normalized spacial score (nSPS) is 26.2. The smallest absolute Gasteiger partial charge is 0.453 e. The molecule has 1 aromatic rings. The number of aliphatic hydroxyl groups is 1. The Bertz CT molecular complexity index is 1080. The Morgan fingerprint density at radius 2 is 1.63 bits per heavy atom. The maximum atomic E-state index is 12.9. The summed E-state index contributed by atoms with van der Waals surface area (Å²) in [6.07, 6.45) is 7.74. The van der Waals surface area contributed by atoms with Gasteiger partial charge in [-0.2, -0.15) is 22.0 Å². The molecule has 0 spiro atoms. The number of hydrogen-bond acceptors (Lipinski definition) is 4. The number of unbranched alkanes of at least 4 members (excludes halogenated alkanes) is 6. The molecule has 9 heteroatoms. The van der Waals surface area contributed by atoms with E-state index in [0.29, 0.717) is 12.3 Å². The summed E-state index contributed by atoms with van der Waals surface area (Å²) in [5.74, 6) is -2.59. The van der Waals surface area contributed by atoms with Gasteiger partial charge in [-0.1, -0.05) is 64.9 Å². The lowest BCUT2D eigenvalue weighted by molar-refractivity contribution is -0.284. The van der Waals surface area contributed by atoms with Crippen LogP contribution in [0.4, 0.5) is 22.0 Å². The molecule has 0 radical (unpaired) electrons. The Hall–Kier alpha value is -1.90. The number of methoxy groups -OCH3 is 1. The third kappa shape index (κ3) is 9.82. The molecule has 6 atom stereocenters. The minimum atomic E-state index is -5.54. The molecule has 2 fully saturated rings. The van der Waals surface area contributed by atoms with Crippen LogP contribution >= 0.6 is 0 Å². The zero-order chi connectivity index (χ0) is 34.0. The van der Waals surface area contributed by atoms with Gasteiger partial charge in [-0.25, -0.2) is 0 Å². The van der Waals surface area contributed by atoms with Crippen LogP contribution in [0.25, 0.3) is 0 Å². The van der Waals surface area contributed by atoms with E-state index in [9.17, 15) is 31.9 Å². The van der Waals surface area contributed by atoms with Gasteiger partial charge in [0.25, 0.3) is 0 Å². The van der Waals surface area contributed by atoms with Crippen LogP contribution in [0, 0.1) is 23.2 Å². The molecule has 0 aromatic heterocycles. The highest BCUT2D eigenvalue weighted by Crippen LogP contribution is 2.61. The van der Waals surface area contributed by atoms with Crippen molar-refractivity contribution >= 4 is 5.97 Å². The van der Waals surface area contributed by atoms with Gasteiger partial charge in [0.1, 0.15) is 5.75 Å². The molecule has 0 amide bonds. The number of ether oxygens (including phenoxy) is 2. The first-order valence-electron chi connectivity index (χ1n) is 17.7. The van der Waals surface area contributed by atoms with Crippen LogP contribution in [-0.4, -0.2) is 43.0 Å². The van der Waals surface area contributed by atoms with Crippen LogP contribution in [-0.2, 0) is 16.0 Å². The molecule has 3 aliphatic carbocycles. The van der Waals surface area contributed by atoms with Crippen molar-refractivity contribution in [2.75, 3.05) is 13.7 Å². The standard InChI is InChI=1S/C19H26O2.C18H31F5O2/c1-19-10-9-15-14-6-4-13(21-2)11-12(14)3-5-16(15)17(19)7-8-18(19)20;1-3-5-6-7-8-9-10-12-15(16(24)25-4-2)13-11-14-17(19,20)18(21,22)23/h4,6,11,15-18,20H,3,5,7-10H2,1-2H3;15H,3-14H2,1-2H3. The Morgan fingerprint density at radius 3 is 2.28 bits per heavy atom. The number of fused-ring (bicyclic) bond motifs is 5. The van der Waals surface area contributed by atoms with E-state index in [4.69, 9.17) is 9.47 Å². The molecule has 0 saturated heterocycles. The van der Waals surface area contributed by atoms with E-state index in [0.717, 1.165) is 56.1 Å². The van der Waals surface area contributed by atoms with E-state index in [1.54, 1.807) is 19.6 Å². The second kappa shape index (κ2) is 17.5. The zero-order valence-corrected chi connectivity index (χ0v) is 28.4. The highest BCUT2D eigenvalue weighted by atomic mass is 19.4. The van der Waals surface area contributed by atoms with Gasteiger partial charge in [0.05, 0.1) is 25.7 Å². The van der Waals surface area contributed by atoms with Crippen LogP contribution in [0.3, 0.4) is 0 Å². The number of aliphatic hydroxyl groups excluding tert-OH is 1. The monoisotopic (exact) mass is 660 g/mol. The molecular weight excluding hydrogens is 603 g/mol. The van der Waals surface area contributed by atoms with Gasteiger partial charge in [-0.15, -0.1) is 0 Å². The summed E-state index contributed by atoms with van der Waals surface area (Å²) in [7, 11) is 1.75. The average molecular weight is 661 g/mol. The van der Waals surface area contributed by atoms with Gasteiger partial charge >= 0.3 is 18.1 Å². The zero-order valence-electron chi connectivity index (χ0n) is 28.4. The number of halogens is 5. The van der Waals surface area contributed by atoms with E-state index in [-0.39, 0.29) is 31.0 Å². The molecule has 2 saturated carbocycles. The molecule has 4 rings (SSSR count). The lowest BCUT2D eigenvalue weighted by Gasteiger charge is -2.50. The van der Waals surface area contributed by atoms with E-state index in [2.05, 4.69) is 32.0 Å². The SMILES string of the molecule is CCCCCCCCCC(CCCC(F)(F)C(F)(F)F)C(=O)OCC.COc1ccc2c(c1)CCC1C2CCC2(C)C(O)CCC12. The second-order valence-electron chi connectivity index (χ2n) is 14.1. The third-order valence-corrected chi connectivity index (χ3v) is 11.1. The molecule has 0 heterocycles. The molecule has 1 N–H and O–H groups in total. The molecule has 264 valence electrons. The summed E-state index contributed by atoms with van der Waals surface area (Å²) < 4.78 is 72.7. The molecule has 3 aliphatic rings. The largest absolute Gasteiger partial charge is 0.497 e. The maximum Gasteiger partial charge on any atom is 0.453 e. The molecule has 4 nitrogen and oxygen atoms in total. The number of aryl methyl sites for hydroxylation is 1. The average Bonchev–Trinajstić information content (AvgIpc) is 3.32. The van der Waals surface area contributed by atoms with Crippen molar-refractivity contribution in [3.63, 3.8) is 0 Å². The Labute approximate surface area is 273 Å². The fraction of sp³-hybridized carbons (Fsp3) is 0.811. The fourth-order valence-electron chi connectivity index (χ4n) is 8.36. The lowest BCUT2D eigenvalue weighted by atomic mass is 9.55. The molecule has 0 bridgehead atoms. The van der Waals surface area contributed by atoms with Gasteiger partial charge in [-0.05, 0) is 111 Å². The van der Waals surface area contributed by atoms with E-state index < -0.39 is 30.4 Å². The number of esters is 1. The van der Waals surface area contributed by atoms with Gasteiger partial charge in [0.2, 0.25) is 0 Å². The summed E-state index contributed by atoms with van der Waals surface area (Å²) in [5.41, 5.74) is 3.25. The molecule has 0 aliphatic heterocycles. The van der Waals surface area contributed by atoms with Gasteiger partial charge in [0.15, 0.2) is 0 Å². The number of rotatable bonds is 15. The lowest BCUT2D eigenvalue weighted by Crippen LogP contribution is -2.43. The van der Waals surface area contributed by atoms with Gasteiger partial charge < -0.3 is 14.6 Å². The first-order chi connectivity index (χ1) is 21.8. The maximum absolute atomic E-state index is 12.9. The van der Waals surface area contributed by atoms with E-state index in [1.807, 2.05) is 0 Å². The summed E-state index contributed by atoms with van der Waals surface area (Å²) in [6.45, 7) is 6.28. The van der Waals surface area contributed by atoms with Crippen molar-refractivity contribution in [2.24, 2.45) is 23.2 Å². The topological polar surface area (TPSA) is 55.8 Å². The van der Waals surface area contributed by atoms with Crippen LogP contribution in [0.2, 0.25) is 0 Å². The third-order valence-electron chi connectivity index (χ3n) is 11.1. The van der Waals surface area contributed by atoms with Gasteiger partial charge in [0, 0.05) is 6.42 Å². The first-order valence-corrected chi connectivity index (χ1v) is 17.7.